The second kappa shape index (κ2) is 7.50. The smallest absolute Gasteiger partial charge is 0.171 e. The van der Waals surface area contributed by atoms with Crippen LogP contribution in [0.1, 0.15) is 0 Å². The van der Waals surface area contributed by atoms with Crippen molar-refractivity contribution in [2.45, 2.75) is 10.9 Å². The summed E-state index contributed by atoms with van der Waals surface area (Å²) in [6, 6.07) is 11.4. The Labute approximate surface area is 131 Å². The molecule has 0 unspecified atom stereocenters. The maximum absolute atomic E-state index is 8.50. The Balaban J connectivity index is 0.000000151. The van der Waals surface area contributed by atoms with Gasteiger partial charge in [-0.05, 0) is 21.2 Å². The lowest BCUT2D eigenvalue weighted by Crippen LogP contribution is -2.33. The lowest BCUT2D eigenvalue weighted by atomic mass is 10.3. The fourth-order valence-electron chi connectivity index (χ4n) is 1.58. The van der Waals surface area contributed by atoms with E-state index in [9.17, 15) is 0 Å². The molecule has 0 spiro atoms. The second-order valence-electron chi connectivity index (χ2n) is 3.93. The molecule has 0 atom stereocenters. The highest BCUT2D eigenvalue weighted by molar-refractivity contribution is 7.63. The van der Waals surface area contributed by atoms with E-state index in [1.165, 1.54) is 11.3 Å². The first kappa shape index (κ1) is 15.1. The predicted octanol–water partition coefficient (Wildman–Crippen LogP) is 2.82. The van der Waals surface area contributed by atoms with Gasteiger partial charge in [-0.25, -0.2) is 4.57 Å². The van der Waals surface area contributed by atoms with Gasteiger partial charge in [0.1, 0.15) is 6.61 Å². The van der Waals surface area contributed by atoms with Gasteiger partial charge >= 0.3 is 0 Å². The van der Waals surface area contributed by atoms with Gasteiger partial charge in [0.2, 0.25) is 0 Å². The predicted molar refractivity (Wildman–Crippen MR) is 84.0 cm³/mol. The molecule has 0 fully saturated rings. The van der Waals surface area contributed by atoms with E-state index in [2.05, 4.69) is 4.98 Å². The maximum Gasteiger partial charge on any atom is 0.171 e. The number of fused-ring (bicyclic) bond motifs is 1. The molecule has 0 bridgehead atoms. The van der Waals surface area contributed by atoms with Crippen LogP contribution in [0.2, 0.25) is 5.02 Å². The Bertz CT molecular complexity index is 673. The molecule has 0 aliphatic rings. The number of halogens is 1. The summed E-state index contributed by atoms with van der Waals surface area (Å²) < 4.78 is 3.70. The van der Waals surface area contributed by atoms with Crippen LogP contribution in [0.3, 0.4) is 0 Å². The molecule has 0 saturated carbocycles. The normalized spacial score (nSPS) is 10.1. The van der Waals surface area contributed by atoms with Crippen LogP contribution in [0.5, 0.6) is 0 Å². The number of nitrogens with zero attached hydrogens (tertiary/aromatic N) is 2. The number of hydrogen-bond acceptors (Lipinski definition) is 4. The summed E-state index contributed by atoms with van der Waals surface area (Å²) in [4.78, 5) is 4.12. The first-order chi connectivity index (χ1) is 9.69. The molecular formula is C14H13ClN2OS2. The third-order valence-electron chi connectivity index (χ3n) is 2.47. The minimum Gasteiger partial charge on any atom is -0.408 e. The van der Waals surface area contributed by atoms with E-state index in [4.69, 9.17) is 29.3 Å². The van der Waals surface area contributed by atoms with Crippen molar-refractivity contribution in [2.75, 3.05) is 6.61 Å². The SMILES string of the molecule is OCC[n+]1ccccc1.[S-]c1nc2cc(Cl)ccc2s1. The summed E-state index contributed by atoms with van der Waals surface area (Å²) in [5, 5.41) is 9.21. The molecule has 3 rings (SSSR count). The number of rotatable bonds is 2. The van der Waals surface area contributed by atoms with Gasteiger partial charge in [0.25, 0.3) is 0 Å². The van der Waals surface area contributed by atoms with Crippen molar-refractivity contribution in [1.29, 1.82) is 0 Å². The van der Waals surface area contributed by atoms with Crippen molar-refractivity contribution in [3.05, 3.63) is 53.8 Å². The molecule has 6 heteroatoms. The van der Waals surface area contributed by atoms with E-state index in [1.807, 2.05) is 53.4 Å². The van der Waals surface area contributed by atoms with E-state index in [0.717, 1.165) is 10.2 Å². The molecule has 0 saturated heterocycles. The summed E-state index contributed by atoms with van der Waals surface area (Å²) in [6.07, 6.45) is 3.85. The molecule has 0 amide bonds. The Hall–Kier alpha value is -1.27. The number of aromatic nitrogens is 2. The average Bonchev–Trinajstić information content (AvgIpc) is 2.80. The molecule has 2 heterocycles. The Morgan fingerprint density at radius 1 is 1.25 bits per heavy atom. The fraction of sp³-hybridized carbons (Fsp3) is 0.143. The van der Waals surface area contributed by atoms with Gasteiger partial charge in [-0.15, -0.1) is 0 Å². The second-order valence-corrected chi connectivity index (χ2v) is 6.04. The summed E-state index contributed by atoms with van der Waals surface area (Å²) in [6.45, 7) is 0.884. The van der Waals surface area contributed by atoms with Crippen LogP contribution in [0.15, 0.2) is 53.1 Å². The van der Waals surface area contributed by atoms with Gasteiger partial charge in [0.05, 0.1) is 5.52 Å². The third kappa shape index (κ3) is 4.38. The standard InChI is InChI=1S/C7H4ClNS2.C7H10NO/c8-4-1-2-6-5(3-4)9-7(10)11-6;9-7-6-8-4-2-1-3-5-8/h1-3H,(H,9,10);1-5,9H,6-7H2/q;+1/p-1. The van der Waals surface area contributed by atoms with Gasteiger partial charge in [-0.2, -0.15) is 0 Å². The lowest BCUT2D eigenvalue weighted by molar-refractivity contribution is -0.698. The van der Waals surface area contributed by atoms with Gasteiger partial charge in [0, 0.05) is 17.2 Å². The van der Waals surface area contributed by atoms with Crippen molar-refractivity contribution in [2.24, 2.45) is 0 Å². The first-order valence-electron chi connectivity index (χ1n) is 5.97. The molecule has 2 aromatic heterocycles. The van der Waals surface area contributed by atoms with E-state index in [1.54, 1.807) is 0 Å². The van der Waals surface area contributed by atoms with Gasteiger partial charge in [-0.3, -0.25) is 4.98 Å². The molecule has 20 heavy (non-hydrogen) atoms. The third-order valence-corrected chi connectivity index (χ3v) is 3.87. The van der Waals surface area contributed by atoms with Gasteiger partial charge in [-0.1, -0.05) is 23.7 Å². The highest BCUT2D eigenvalue weighted by Crippen LogP contribution is 2.24. The number of aliphatic hydroxyl groups excluding tert-OH is 1. The van der Waals surface area contributed by atoms with E-state index in [-0.39, 0.29) is 6.61 Å². The van der Waals surface area contributed by atoms with Crippen molar-refractivity contribution in [3.63, 3.8) is 0 Å². The molecule has 3 nitrogen and oxygen atoms in total. The minimum atomic E-state index is 0.203. The summed E-state index contributed by atoms with van der Waals surface area (Å²) in [5.41, 5.74) is 0.896. The molecule has 3 aromatic rings. The van der Waals surface area contributed by atoms with E-state index in [0.29, 0.717) is 15.9 Å². The number of thiazole rings is 1. The van der Waals surface area contributed by atoms with Crippen molar-refractivity contribution in [3.8, 4) is 0 Å². The summed E-state index contributed by atoms with van der Waals surface area (Å²) in [5.74, 6) is 0. The quantitative estimate of drug-likeness (QED) is 0.582. The van der Waals surface area contributed by atoms with E-state index >= 15 is 0 Å². The van der Waals surface area contributed by atoms with Crippen LogP contribution in [0.4, 0.5) is 0 Å². The van der Waals surface area contributed by atoms with Crippen LogP contribution < -0.4 is 4.57 Å². The molecular weight excluding hydrogens is 312 g/mol. The van der Waals surface area contributed by atoms with Gasteiger partial charge < -0.3 is 29.1 Å². The fourth-order valence-corrected chi connectivity index (χ4v) is 2.79. The average molecular weight is 325 g/mol. The van der Waals surface area contributed by atoms with Crippen LogP contribution in [0.25, 0.3) is 10.2 Å². The number of hydrogen-bond donors (Lipinski definition) is 1. The van der Waals surface area contributed by atoms with Crippen molar-refractivity contribution in [1.82, 2.24) is 4.98 Å². The zero-order valence-electron chi connectivity index (χ0n) is 10.6. The Morgan fingerprint density at radius 3 is 2.70 bits per heavy atom. The van der Waals surface area contributed by atoms with Crippen molar-refractivity contribution >= 4 is 45.8 Å². The van der Waals surface area contributed by atoms with Crippen LogP contribution >= 0.6 is 22.9 Å². The largest absolute Gasteiger partial charge is 0.408 e. The van der Waals surface area contributed by atoms with E-state index < -0.39 is 0 Å². The zero-order chi connectivity index (χ0) is 14.4. The first-order valence-corrected chi connectivity index (χ1v) is 7.57. The maximum atomic E-state index is 8.50. The molecule has 0 aliphatic carbocycles. The number of aliphatic hydroxyl groups is 1. The lowest BCUT2D eigenvalue weighted by Gasteiger charge is -1.90. The van der Waals surface area contributed by atoms with Gasteiger partial charge in [0.15, 0.2) is 18.9 Å². The summed E-state index contributed by atoms with van der Waals surface area (Å²) in [7, 11) is 0. The number of benzene rings is 1. The molecule has 0 aliphatic heterocycles. The topological polar surface area (TPSA) is 37.0 Å². The van der Waals surface area contributed by atoms with Crippen LogP contribution in [-0.4, -0.2) is 16.7 Å². The monoisotopic (exact) mass is 324 g/mol. The van der Waals surface area contributed by atoms with Crippen LogP contribution in [0, 0.1) is 0 Å². The Morgan fingerprint density at radius 2 is 2.00 bits per heavy atom. The minimum absolute atomic E-state index is 0.203. The van der Waals surface area contributed by atoms with Crippen molar-refractivity contribution < 1.29 is 9.67 Å². The number of pyridine rings is 1. The molecule has 0 radical (unpaired) electrons. The highest BCUT2D eigenvalue weighted by Gasteiger charge is 1.93. The Kier molecular flexibility index (Phi) is 5.67. The molecule has 1 aromatic carbocycles. The summed E-state index contributed by atoms with van der Waals surface area (Å²) >= 11 is 12.2. The van der Waals surface area contributed by atoms with Crippen LogP contribution in [-0.2, 0) is 19.2 Å². The zero-order valence-corrected chi connectivity index (χ0v) is 13.0. The molecule has 1 N–H and O–H groups in total. The molecule has 104 valence electrons. The highest BCUT2D eigenvalue weighted by atomic mass is 35.5.